The highest BCUT2D eigenvalue weighted by molar-refractivity contribution is 9.10. The number of benzene rings is 1. The number of aliphatic carboxylic acids is 1. The lowest BCUT2D eigenvalue weighted by Gasteiger charge is -2.27. The van der Waals surface area contributed by atoms with Crippen molar-refractivity contribution in [2.75, 3.05) is 6.61 Å². The highest BCUT2D eigenvalue weighted by Crippen LogP contribution is 2.37. The molecule has 1 aliphatic rings. The first-order chi connectivity index (χ1) is 13.4. The van der Waals surface area contributed by atoms with E-state index in [1.165, 1.54) is 29.5 Å². The van der Waals surface area contributed by atoms with Crippen LogP contribution in [0.15, 0.2) is 50.5 Å². The summed E-state index contributed by atoms with van der Waals surface area (Å²) in [6.07, 6.45) is 1.16. The van der Waals surface area contributed by atoms with E-state index in [4.69, 9.17) is 4.74 Å². The van der Waals surface area contributed by atoms with Crippen LogP contribution in [0.4, 0.5) is 4.39 Å². The summed E-state index contributed by atoms with van der Waals surface area (Å²) in [5.74, 6) is -1.93. The summed E-state index contributed by atoms with van der Waals surface area (Å²) in [5.41, 5.74) is 0.729. The average molecular weight is 468 g/mol. The summed E-state index contributed by atoms with van der Waals surface area (Å²) in [7, 11) is 0. The second kappa shape index (κ2) is 8.61. The minimum absolute atomic E-state index is 0.0665. The Hall–Kier alpha value is -2.59. The monoisotopic (exact) mass is 467 g/mol. The third-order valence-corrected chi connectivity index (χ3v) is 5.31. The summed E-state index contributed by atoms with van der Waals surface area (Å²) in [4.78, 5) is 32.8. The van der Waals surface area contributed by atoms with Gasteiger partial charge in [-0.3, -0.25) is 9.79 Å². The number of esters is 1. The second-order valence-corrected chi connectivity index (χ2v) is 7.44. The van der Waals surface area contributed by atoms with Crippen molar-refractivity contribution >= 4 is 45.0 Å². The van der Waals surface area contributed by atoms with Crippen LogP contribution in [0.5, 0.6) is 0 Å². The lowest BCUT2D eigenvalue weighted by atomic mass is 9.94. The first-order valence-corrected chi connectivity index (χ1v) is 9.89. The normalized spacial score (nSPS) is 16.4. The molecule has 2 heterocycles. The molecule has 3 rings (SSSR count). The molecule has 0 bridgehead atoms. The second-order valence-electron chi connectivity index (χ2n) is 5.69. The number of amidine groups is 1. The quantitative estimate of drug-likeness (QED) is 0.631. The van der Waals surface area contributed by atoms with Crippen LogP contribution in [-0.2, 0) is 14.3 Å². The van der Waals surface area contributed by atoms with Crippen LogP contribution in [-0.4, -0.2) is 34.5 Å². The smallest absolute Gasteiger partial charge is 0.338 e. The Morgan fingerprint density at radius 2 is 2.21 bits per heavy atom. The first kappa shape index (κ1) is 20.2. The number of carbonyl (C=O) groups excluding carboxylic acids is 1. The van der Waals surface area contributed by atoms with Crippen molar-refractivity contribution in [1.82, 2.24) is 10.3 Å². The number of carbonyl (C=O) groups is 2. The number of hydrogen-bond donors (Lipinski definition) is 2. The van der Waals surface area contributed by atoms with E-state index in [2.05, 4.69) is 31.2 Å². The van der Waals surface area contributed by atoms with Gasteiger partial charge in [-0.1, -0.05) is 22.0 Å². The Labute approximate surface area is 172 Å². The fourth-order valence-corrected chi connectivity index (χ4v) is 3.89. The van der Waals surface area contributed by atoms with Gasteiger partial charge in [0.25, 0.3) is 0 Å². The third-order valence-electron chi connectivity index (χ3n) is 3.84. The predicted molar refractivity (Wildman–Crippen MR) is 105 cm³/mol. The Morgan fingerprint density at radius 1 is 1.43 bits per heavy atom. The van der Waals surface area contributed by atoms with Gasteiger partial charge in [-0.2, -0.15) is 0 Å². The Morgan fingerprint density at radius 3 is 2.82 bits per heavy atom. The number of hydrogen-bond acceptors (Lipinski definition) is 7. The summed E-state index contributed by atoms with van der Waals surface area (Å²) in [5, 5.41) is 14.5. The Bertz CT molecular complexity index is 975. The van der Waals surface area contributed by atoms with Crippen molar-refractivity contribution in [2.45, 2.75) is 19.4 Å². The standard InChI is InChI=1S/C18H15BrFN3O4S/c1-2-27-18(26)14-12(8-13(24)25)22-16(17-21-5-6-28-17)23-15(14)10-4-3-9(20)7-11(10)19/h3-7,15H,2,8H2,1H3,(H,22,23)(H,24,25). The van der Waals surface area contributed by atoms with Gasteiger partial charge < -0.3 is 15.2 Å². The van der Waals surface area contributed by atoms with E-state index in [9.17, 15) is 19.1 Å². The molecule has 0 radical (unpaired) electrons. The fourth-order valence-electron chi connectivity index (χ4n) is 2.73. The van der Waals surface area contributed by atoms with Gasteiger partial charge in [-0.05, 0) is 24.6 Å². The van der Waals surface area contributed by atoms with E-state index in [1.807, 2.05) is 0 Å². The molecule has 28 heavy (non-hydrogen) atoms. The molecule has 0 saturated carbocycles. The van der Waals surface area contributed by atoms with E-state index < -0.39 is 30.2 Å². The van der Waals surface area contributed by atoms with E-state index in [-0.39, 0.29) is 17.9 Å². The summed E-state index contributed by atoms with van der Waals surface area (Å²) >= 11 is 4.62. The number of carboxylic acids is 1. The SMILES string of the molecule is CCOC(=O)C1=C(CC(=O)O)NC(c2nccs2)=NC1c1ccc(F)cc1Br. The van der Waals surface area contributed by atoms with Crippen molar-refractivity contribution < 1.29 is 23.8 Å². The maximum Gasteiger partial charge on any atom is 0.338 e. The van der Waals surface area contributed by atoms with E-state index in [1.54, 1.807) is 18.5 Å². The van der Waals surface area contributed by atoms with Gasteiger partial charge in [-0.15, -0.1) is 11.3 Å². The van der Waals surface area contributed by atoms with Crippen LogP contribution in [0.3, 0.4) is 0 Å². The number of carboxylic acid groups (broad SMARTS) is 1. The lowest BCUT2D eigenvalue weighted by molar-refractivity contribution is -0.139. The number of thiazole rings is 1. The molecule has 1 aromatic carbocycles. The lowest BCUT2D eigenvalue weighted by Crippen LogP contribution is -2.35. The van der Waals surface area contributed by atoms with Gasteiger partial charge in [0.2, 0.25) is 0 Å². The van der Waals surface area contributed by atoms with Crippen molar-refractivity contribution in [1.29, 1.82) is 0 Å². The number of rotatable bonds is 6. The molecule has 1 aliphatic heterocycles. The van der Waals surface area contributed by atoms with Crippen LogP contribution in [0.1, 0.15) is 30.0 Å². The van der Waals surface area contributed by atoms with Gasteiger partial charge in [0.1, 0.15) is 11.9 Å². The first-order valence-electron chi connectivity index (χ1n) is 8.22. The maximum absolute atomic E-state index is 13.6. The van der Waals surface area contributed by atoms with Gasteiger partial charge in [0, 0.05) is 21.7 Å². The molecule has 146 valence electrons. The number of aliphatic imine (C=N–C) groups is 1. The third kappa shape index (κ3) is 4.28. The van der Waals surface area contributed by atoms with E-state index >= 15 is 0 Å². The minimum atomic E-state index is -1.12. The van der Waals surface area contributed by atoms with Crippen molar-refractivity contribution in [2.24, 2.45) is 4.99 Å². The van der Waals surface area contributed by atoms with Gasteiger partial charge in [0.15, 0.2) is 10.8 Å². The van der Waals surface area contributed by atoms with Gasteiger partial charge in [-0.25, -0.2) is 14.2 Å². The highest BCUT2D eigenvalue weighted by atomic mass is 79.9. The molecule has 0 fully saturated rings. The van der Waals surface area contributed by atoms with E-state index in [0.717, 1.165) is 0 Å². The minimum Gasteiger partial charge on any atom is -0.481 e. The summed E-state index contributed by atoms with van der Waals surface area (Å²) < 4.78 is 19.1. The molecule has 0 aliphatic carbocycles. The summed E-state index contributed by atoms with van der Waals surface area (Å²) in [6, 6.07) is 3.12. The maximum atomic E-state index is 13.6. The van der Waals surface area contributed by atoms with Crippen LogP contribution in [0.2, 0.25) is 0 Å². The zero-order chi connectivity index (χ0) is 20.3. The molecule has 0 saturated heterocycles. The molecular weight excluding hydrogens is 453 g/mol. The molecular formula is C18H15BrFN3O4S. The average Bonchev–Trinajstić information content (AvgIpc) is 3.15. The molecule has 10 heteroatoms. The van der Waals surface area contributed by atoms with Crippen LogP contribution >= 0.6 is 27.3 Å². The molecule has 0 amide bonds. The molecule has 7 nitrogen and oxygen atoms in total. The van der Waals surface area contributed by atoms with Crippen molar-refractivity contribution in [3.05, 3.63) is 61.9 Å². The molecule has 0 spiro atoms. The van der Waals surface area contributed by atoms with Crippen LogP contribution in [0, 0.1) is 5.82 Å². The molecule has 1 unspecified atom stereocenters. The molecule has 2 N–H and O–H groups in total. The predicted octanol–water partition coefficient (Wildman–Crippen LogP) is 3.43. The fraction of sp³-hybridized carbons (Fsp3) is 0.222. The van der Waals surface area contributed by atoms with E-state index in [0.29, 0.717) is 20.9 Å². The van der Waals surface area contributed by atoms with Gasteiger partial charge >= 0.3 is 11.9 Å². The zero-order valence-corrected chi connectivity index (χ0v) is 17.0. The molecule has 1 atom stereocenters. The number of ether oxygens (including phenoxy) is 1. The van der Waals surface area contributed by atoms with Gasteiger partial charge in [0.05, 0.1) is 18.6 Å². The largest absolute Gasteiger partial charge is 0.481 e. The number of nitrogens with zero attached hydrogens (tertiary/aromatic N) is 2. The highest BCUT2D eigenvalue weighted by Gasteiger charge is 2.34. The Balaban J connectivity index is 2.19. The Kier molecular flexibility index (Phi) is 6.20. The summed E-state index contributed by atoms with van der Waals surface area (Å²) in [6.45, 7) is 1.77. The van der Waals surface area contributed by atoms with Crippen LogP contribution < -0.4 is 5.32 Å². The van der Waals surface area contributed by atoms with Crippen molar-refractivity contribution in [3.63, 3.8) is 0 Å². The number of nitrogens with one attached hydrogen (secondary N) is 1. The molecule has 2 aromatic rings. The number of halogens is 2. The van der Waals surface area contributed by atoms with Crippen LogP contribution in [0.25, 0.3) is 0 Å². The zero-order valence-electron chi connectivity index (χ0n) is 14.6. The van der Waals surface area contributed by atoms with Crippen molar-refractivity contribution in [3.8, 4) is 0 Å². The molecule has 1 aromatic heterocycles. The topological polar surface area (TPSA) is 101 Å². The number of aromatic nitrogens is 1.